The van der Waals surface area contributed by atoms with Crippen molar-refractivity contribution in [1.29, 1.82) is 0 Å². The number of carboxylic acids is 1. The van der Waals surface area contributed by atoms with E-state index in [2.05, 4.69) is 0 Å². The molecule has 11 heteroatoms. The highest BCUT2D eigenvalue weighted by Gasteiger charge is 2.05. The molecule has 0 aliphatic heterocycles. The van der Waals surface area contributed by atoms with E-state index in [0.29, 0.717) is 39.3 Å². The molecule has 30 heavy (non-hydrogen) atoms. The standard InChI is InChI=1S/C7H6O3.2C6H15NO3/c8-6-4-2-1-3-5(6)7(9)10;2*8-4-1-7(2-5-9)3-6-10/h1-4,8H,(H,9,10);2*8-10H,1-6H2. The smallest absolute Gasteiger partial charge is 0.339 e. The third-order valence-corrected chi connectivity index (χ3v) is 3.63. The van der Waals surface area contributed by atoms with Crippen LogP contribution in [0.1, 0.15) is 10.4 Å². The van der Waals surface area contributed by atoms with Crippen LogP contribution in [0.15, 0.2) is 24.3 Å². The van der Waals surface area contributed by atoms with Gasteiger partial charge in [0, 0.05) is 39.3 Å². The number of hydrogen-bond acceptors (Lipinski definition) is 10. The predicted molar refractivity (Wildman–Crippen MR) is 110 cm³/mol. The van der Waals surface area contributed by atoms with Crippen molar-refractivity contribution in [3.63, 3.8) is 0 Å². The van der Waals surface area contributed by atoms with Gasteiger partial charge in [0.15, 0.2) is 0 Å². The van der Waals surface area contributed by atoms with Gasteiger partial charge < -0.3 is 40.9 Å². The van der Waals surface area contributed by atoms with Gasteiger partial charge in [-0.25, -0.2) is 4.79 Å². The van der Waals surface area contributed by atoms with Crippen molar-refractivity contribution >= 4 is 5.97 Å². The number of carboxylic acid groups (broad SMARTS) is 1. The Bertz CT molecular complexity index is 474. The molecular formula is C19H36N2O9. The van der Waals surface area contributed by atoms with Gasteiger partial charge in [0.25, 0.3) is 0 Å². The molecule has 0 radical (unpaired) electrons. The maximum atomic E-state index is 10.3. The molecule has 0 heterocycles. The lowest BCUT2D eigenvalue weighted by atomic mass is 10.2. The number of aromatic hydroxyl groups is 1. The number of nitrogens with zero attached hydrogens (tertiary/aromatic N) is 2. The molecule has 1 aromatic carbocycles. The number of benzene rings is 1. The first-order valence-corrected chi connectivity index (χ1v) is 9.52. The van der Waals surface area contributed by atoms with Gasteiger partial charge in [-0.1, -0.05) is 12.1 Å². The van der Waals surface area contributed by atoms with Gasteiger partial charge >= 0.3 is 5.97 Å². The van der Waals surface area contributed by atoms with Crippen LogP contribution in [0, 0.1) is 0 Å². The van der Waals surface area contributed by atoms with E-state index >= 15 is 0 Å². The fourth-order valence-electron chi connectivity index (χ4n) is 2.17. The Morgan fingerprint density at radius 3 is 1.13 bits per heavy atom. The minimum Gasteiger partial charge on any atom is -0.507 e. The number of aliphatic hydroxyl groups excluding tert-OH is 6. The van der Waals surface area contributed by atoms with Crippen molar-refractivity contribution in [2.24, 2.45) is 0 Å². The molecule has 176 valence electrons. The lowest BCUT2D eigenvalue weighted by Crippen LogP contribution is -2.32. The minimum atomic E-state index is -1.11. The fraction of sp³-hybridized carbons (Fsp3) is 0.632. The molecular weight excluding hydrogens is 400 g/mol. The number of aromatic carboxylic acids is 1. The molecule has 11 nitrogen and oxygen atoms in total. The first-order valence-electron chi connectivity index (χ1n) is 9.52. The number of phenols is 1. The van der Waals surface area contributed by atoms with Crippen molar-refractivity contribution in [2.45, 2.75) is 0 Å². The highest BCUT2D eigenvalue weighted by Crippen LogP contribution is 2.14. The van der Waals surface area contributed by atoms with Gasteiger partial charge in [0.05, 0.1) is 39.6 Å². The zero-order chi connectivity index (χ0) is 23.2. The summed E-state index contributed by atoms with van der Waals surface area (Å²) in [6.07, 6.45) is 0. The molecule has 0 amide bonds. The van der Waals surface area contributed by atoms with E-state index in [4.69, 9.17) is 40.9 Å². The fourth-order valence-corrected chi connectivity index (χ4v) is 2.17. The molecule has 0 aliphatic carbocycles. The van der Waals surface area contributed by atoms with Crippen molar-refractivity contribution in [2.75, 3.05) is 78.9 Å². The zero-order valence-corrected chi connectivity index (χ0v) is 17.2. The quantitative estimate of drug-likeness (QED) is 0.165. The number of para-hydroxylation sites is 1. The summed E-state index contributed by atoms with van der Waals surface area (Å²) in [6.45, 7) is 3.51. The second kappa shape index (κ2) is 21.9. The Labute approximate surface area is 176 Å². The van der Waals surface area contributed by atoms with E-state index in [1.54, 1.807) is 21.9 Å². The lowest BCUT2D eigenvalue weighted by Gasteiger charge is -2.17. The van der Waals surface area contributed by atoms with E-state index < -0.39 is 5.97 Å². The van der Waals surface area contributed by atoms with Crippen LogP contribution in [0.5, 0.6) is 5.75 Å². The van der Waals surface area contributed by atoms with E-state index in [0.717, 1.165) is 0 Å². The molecule has 0 spiro atoms. The molecule has 0 aliphatic rings. The van der Waals surface area contributed by atoms with E-state index in [9.17, 15) is 4.79 Å². The molecule has 0 bridgehead atoms. The molecule has 0 fully saturated rings. The van der Waals surface area contributed by atoms with Crippen LogP contribution in [-0.4, -0.2) is 136 Å². The minimum absolute atomic E-state index is 0.0671. The first kappa shape index (κ1) is 30.4. The molecule has 8 N–H and O–H groups in total. The van der Waals surface area contributed by atoms with Gasteiger partial charge in [0.1, 0.15) is 11.3 Å². The number of carbonyl (C=O) groups is 1. The lowest BCUT2D eigenvalue weighted by molar-refractivity contribution is 0.0693. The first-order chi connectivity index (χ1) is 14.4. The average molecular weight is 437 g/mol. The van der Waals surface area contributed by atoms with Gasteiger partial charge in [0.2, 0.25) is 0 Å². The van der Waals surface area contributed by atoms with Gasteiger partial charge in [-0.05, 0) is 12.1 Å². The maximum Gasteiger partial charge on any atom is 0.339 e. The van der Waals surface area contributed by atoms with Crippen LogP contribution in [0.2, 0.25) is 0 Å². The second-order valence-corrected chi connectivity index (χ2v) is 5.85. The van der Waals surface area contributed by atoms with Crippen LogP contribution in [0.4, 0.5) is 0 Å². The summed E-state index contributed by atoms with van der Waals surface area (Å²) in [5.74, 6) is -1.31. The van der Waals surface area contributed by atoms with E-state index in [1.165, 1.54) is 12.1 Å². The summed E-state index contributed by atoms with van der Waals surface area (Å²) in [4.78, 5) is 13.8. The van der Waals surface area contributed by atoms with Crippen LogP contribution >= 0.6 is 0 Å². The van der Waals surface area contributed by atoms with Gasteiger partial charge in [-0.15, -0.1) is 0 Å². The summed E-state index contributed by atoms with van der Waals surface area (Å²) >= 11 is 0. The Morgan fingerprint density at radius 1 is 0.633 bits per heavy atom. The van der Waals surface area contributed by atoms with Crippen molar-refractivity contribution in [1.82, 2.24) is 9.80 Å². The summed E-state index contributed by atoms with van der Waals surface area (Å²) in [5, 5.41) is 68.2. The predicted octanol–water partition coefficient (Wildman–Crippen LogP) is -2.38. The van der Waals surface area contributed by atoms with Crippen LogP contribution in [-0.2, 0) is 0 Å². The summed E-state index contributed by atoms with van der Waals surface area (Å²) in [7, 11) is 0. The maximum absolute atomic E-state index is 10.3. The van der Waals surface area contributed by atoms with Crippen molar-refractivity contribution in [3.05, 3.63) is 29.8 Å². The number of hydrogen-bond donors (Lipinski definition) is 8. The second-order valence-electron chi connectivity index (χ2n) is 5.85. The van der Waals surface area contributed by atoms with Gasteiger partial charge in [-0.3, -0.25) is 9.80 Å². The largest absolute Gasteiger partial charge is 0.507 e. The summed E-state index contributed by atoms with van der Waals surface area (Å²) in [5.41, 5.74) is -0.0671. The molecule has 1 rings (SSSR count). The summed E-state index contributed by atoms with van der Waals surface area (Å²) in [6, 6.07) is 5.81. The number of rotatable bonds is 13. The van der Waals surface area contributed by atoms with Crippen LogP contribution < -0.4 is 0 Å². The Morgan fingerprint density at radius 2 is 0.933 bits per heavy atom. The Balaban J connectivity index is 0. The molecule has 0 atom stereocenters. The van der Waals surface area contributed by atoms with Crippen LogP contribution in [0.25, 0.3) is 0 Å². The topological polar surface area (TPSA) is 185 Å². The molecule has 1 aromatic rings. The SMILES string of the molecule is O=C(O)c1ccccc1O.OCCN(CCO)CCO.OCCN(CCO)CCO. The summed E-state index contributed by atoms with van der Waals surface area (Å²) < 4.78 is 0. The third-order valence-electron chi connectivity index (χ3n) is 3.63. The monoisotopic (exact) mass is 436 g/mol. The zero-order valence-electron chi connectivity index (χ0n) is 17.2. The highest BCUT2D eigenvalue weighted by molar-refractivity contribution is 5.90. The highest BCUT2D eigenvalue weighted by atomic mass is 16.4. The third kappa shape index (κ3) is 17.1. The van der Waals surface area contributed by atoms with E-state index in [1.807, 2.05) is 0 Å². The van der Waals surface area contributed by atoms with Crippen molar-refractivity contribution < 1.29 is 45.6 Å². The average Bonchev–Trinajstić information content (AvgIpc) is 2.70. The molecule has 0 unspecified atom stereocenters. The Hall–Kier alpha value is -1.83. The Kier molecular flexibility index (Phi) is 22.1. The molecule has 0 saturated heterocycles. The normalized spacial score (nSPS) is 10.3. The van der Waals surface area contributed by atoms with Crippen molar-refractivity contribution in [3.8, 4) is 5.75 Å². The van der Waals surface area contributed by atoms with E-state index in [-0.39, 0.29) is 51.0 Å². The number of aliphatic hydroxyl groups is 6. The van der Waals surface area contributed by atoms with Crippen LogP contribution in [0.3, 0.4) is 0 Å². The van der Waals surface area contributed by atoms with Gasteiger partial charge in [-0.2, -0.15) is 0 Å². The molecule has 0 saturated carbocycles. The molecule has 0 aromatic heterocycles.